The number of thioether (sulfide) groups is 1. The molecule has 1 unspecified atom stereocenters. The first kappa shape index (κ1) is 15.8. The average molecular weight is 326 g/mol. The van der Waals surface area contributed by atoms with Crippen LogP contribution in [0.15, 0.2) is 64.5 Å². The Morgan fingerprint density at radius 2 is 1.83 bits per heavy atom. The lowest BCUT2D eigenvalue weighted by atomic mass is 10.1. The van der Waals surface area contributed by atoms with Gasteiger partial charge in [-0.15, -0.1) is 0 Å². The molecule has 118 valence electrons. The Bertz CT molecular complexity index is 726. The van der Waals surface area contributed by atoms with Crippen molar-refractivity contribution in [2.75, 3.05) is 11.9 Å². The molecule has 23 heavy (non-hydrogen) atoms. The van der Waals surface area contributed by atoms with Gasteiger partial charge in [0, 0.05) is 17.6 Å². The smallest absolute Gasteiger partial charge is 0.170 e. The van der Waals surface area contributed by atoms with Gasteiger partial charge in [-0.2, -0.15) is 0 Å². The largest absolute Gasteiger partial charge is 0.392 e. The Labute approximate surface area is 139 Å². The van der Waals surface area contributed by atoms with Crippen molar-refractivity contribution in [3.63, 3.8) is 0 Å². The summed E-state index contributed by atoms with van der Waals surface area (Å²) in [5, 5.41) is 20.5. The van der Waals surface area contributed by atoms with E-state index in [9.17, 15) is 5.11 Å². The van der Waals surface area contributed by atoms with Gasteiger partial charge >= 0.3 is 0 Å². The summed E-state index contributed by atoms with van der Waals surface area (Å²) in [6.07, 6.45) is 1.20. The molecule has 4 nitrogen and oxygen atoms in total. The highest BCUT2D eigenvalue weighted by atomic mass is 32.2. The fourth-order valence-corrected chi connectivity index (χ4v) is 3.43. The molecular formula is C18H18N2O2S. The first-order valence-corrected chi connectivity index (χ1v) is 8.13. The molecule has 1 fully saturated rings. The monoisotopic (exact) mass is 326 g/mol. The number of aliphatic hydroxyl groups is 2. The van der Waals surface area contributed by atoms with Gasteiger partial charge in [-0.25, -0.2) is 0 Å². The summed E-state index contributed by atoms with van der Waals surface area (Å²) in [6, 6.07) is 17.3. The molecule has 0 bridgehead atoms. The predicted molar refractivity (Wildman–Crippen MR) is 96.2 cm³/mol. The van der Waals surface area contributed by atoms with Gasteiger partial charge in [-0.05, 0) is 29.3 Å². The zero-order valence-electron chi connectivity index (χ0n) is 12.8. The highest BCUT2D eigenvalue weighted by Crippen LogP contribution is 2.38. The van der Waals surface area contributed by atoms with Crippen LogP contribution in [0.3, 0.4) is 0 Å². The molecule has 0 aliphatic carbocycles. The first-order valence-electron chi connectivity index (χ1n) is 7.31. The second kappa shape index (κ2) is 7.00. The van der Waals surface area contributed by atoms with Crippen molar-refractivity contribution in [2.24, 2.45) is 4.99 Å². The molecule has 0 saturated carbocycles. The summed E-state index contributed by atoms with van der Waals surface area (Å²) in [5.74, 6) is 0. The number of benzene rings is 2. The summed E-state index contributed by atoms with van der Waals surface area (Å²) in [7, 11) is 1.73. The third-order valence-electron chi connectivity index (χ3n) is 3.61. The van der Waals surface area contributed by atoms with Crippen LogP contribution in [0.25, 0.3) is 6.08 Å². The molecule has 2 aromatic rings. The van der Waals surface area contributed by atoms with E-state index in [0.717, 1.165) is 26.9 Å². The van der Waals surface area contributed by atoms with Crippen LogP contribution in [0.4, 0.5) is 5.69 Å². The molecule has 1 atom stereocenters. The van der Waals surface area contributed by atoms with E-state index >= 15 is 0 Å². The normalized spacial score (nSPS) is 21.3. The topological polar surface area (TPSA) is 56.1 Å². The van der Waals surface area contributed by atoms with Crippen molar-refractivity contribution < 1.29 is 10.2 Å². The highest BCUT2D eigenvalue weighted by Gasteiger charge is 2.34. The van der Waals surface area contributed by atoms with E-state index in [1.807, 2.05) is 65.6 Å². The van der Waals surface area contributed by atoms with Gasteiger partial charge in [0.2, 0.25) is 0 Å². The second-order valence-corrected chi connectivity index (χ2v) is 6.17. The van der Waals surface area contributed by atoms with Gasteiger partial charge in [-0.1, -0.05) is 54.2 Å². The Hall–Kier alpha value is -2.08. The van der Waals surface area contributed by atoms with Gasteiger partial charge in [-0.3, -0.25) is 9.89 Å². The maximum absolute atomic E-state index is 10.7. The Kier molecular flexibility index (Phi) is 4.81. The molecule has 5 heteroatoms. The number of aliphatic hydroxyl groups excluding tert-OH is 2. The summed E-state index contributed by atoms with van der Waals surface area (Å²) in [6.45, 7) is 0.0304. The summed E-state index contributed by atoms with van der Waals surface area (Å²) >= 11 is 1.46. The number of hydrogen-bond donors (Lipinski definition) is 2. The fourth-order valence-electron chi connectivity index (χ4n) is 2.42. The predicted octanol–water partition coefficient (Wildman–Crippen LogP) is 3.08. The zero-order chi connectivity index (χ0) is 16.2. The van der Waals surface area contributed by atoms with Crippen LogP contribution in [-0.4, -0.2) is 28.7 Å². The Morgan fingerprint density at radius 1 is 1.13 bits per heavy atom. The minimum atomic E-state index is -0.751. The number of nitrogens with zero attached hydrogens (tertiary/aromatic N) is 2. The number of anilines is 1. The Balaban J connectivity index is 1.91. The average Bonchev–Trinajstić information content (AvgIpc) is 2.92. The van der Waals surface area contributed by atoms with E-state index in [-0.39, 0.29) is 6.61 Å². The van der Waals surface area contributed by atoms with Crippen molar-refractivity contribution >= 4 is 28.7 Å². The molecule has 1 aliphatic heterocycles. The lowest BCUT2D eigenvalue weighted by Gasteiger charge is -2.21. The maximum Gasteiger partial charge on any atom is 0.170 e. The zero-order valence-corrected chi connectivity index (χ0v) is 13.6. The van der Waals surface area contributed by atoms with Crippen LogP contribution in [-0.2, 0) is 6.61 Å². The summed E-state index contributed by atoms with van der Waals surface area (Å²) in [4.78, 5) is 6.93. The van der Waals surface area contributed by atoms with Crippen LogP contribution in [0.1, 0.15) is 11.1 Å². The minimum absolute atomic E-state index is 0.0304. The first-order chi connectivity index (χ1) is 11.2. The maximum atomic E-state index is 10.7. The molecule has 0 radical (unpaired) electrons. The van der Waals surface area contributed by atoms with Crippen LogP contribution in [0, 0.1) is 0 Å². The lowest BCUT2D eigenvalue weighted by Crippen LogP contribution is -2.32. The van der Waals surface area contributed by atoms with Crippen LogP contribution in [0.2, 0.25) is 0 Å². The van der Waals surface area contributed by atoms with Crippen molar-refractivity contribution in [1.29, 1.82) is 0 Å². The molecule has 1 aliphatic rings. The van der Waals surface area contributed by atoms with Crippen LogP contribution < -0.4 is 4.90 Å². The lowest BCUT2D eigenvalue weighted by molar-refractivity contribution is 0.233. The van der Waals surface area contributed by atoms with E-state index in [2.05, 4.69) is 4.99 Å². The van der Waals surface area contributed by atoms with Gasteiger partial charge in [0.1, 0.15) is 0 Å². The molecule has 0 amide bonds. The highest BCUT2D eigenvalue weighted by molar-refractivity contribution is 8.18. The van der Waals surface area contributed by atoms with Crippen molar-refractivity contribution in [3.8, 4) is 0 Å². The summed E-state index contributed by atoms with van der Waals surface area (Å²) < 4.78 is 0. The molecule has 1 heterocycles. The van der Waals surface area contributed by atoms with E-state index in [4.69, 9.17) is 5.11 Å². The fraction of sp³-hybridized carbons (Fsp3) is 0.167. The van der Waals surface area contributed by atoms with Gasteiger partial charge in [0.15, 0.2) is 11.4 Å². The molecule has 0 spiro atoms. The summed E-state index contributed by atoms with van der Waals surface area (Å²) in [5.41, 5.74) is 2.76. The Morgan fingerprint density at radius 3 is 2.43 bits per heavy atom. The molecule has 2 aromatic carbocycles. The van der Waals surface area contributed by atoms with Crippen LogP contribution in [0.5, 0.6) is 0 Å². The van der Waals surface area contributed by atoms with E-state index in [0.29, 0.717) is 0 Å². The SMILES string of the molecule is CN=C1SC(=Cc2ccc(CO)cc2)C(O)N1c1ccccc1. The van der Waals surface area contributed by atoms with Gasteiger partial charge in [0.25, 0.3) is 0 Å². The quantitative estimate of drug-likeness (QED) is 0.910. The third kappa shape index (κ3) is 3.32. The van der Waals surface area contributed by atoms with Crippen LogP contribution >= 0.6 is 11.8 Å². The minimum Gasteiger partial charge on any atom is -0.392 e. The standard InChI is InChI=1S/C18H18N2O2S/c1-19-18-20(15-5-3-2-4-6-15)17(22)16(23-18)11-13-7-9-14(12-21)10-8-13/h2-11,17,21-22H,12H2,1H3. The van der Waals surface area contributed by atoms with Crippen molar-refractivity contribution in [1.82, 2.24) is 0 Å². The molecule has 2 N–H and O–H groups in total. The molecular weight excluding hydrogens is 308 g/mol. The van der Waals surface area contributed by atoms with Crippen molar-refractivity contribution in [2.45, 2.75) is 12.8 Å². The van der Waals surface area contributed by atoms with Crippen molar-refractivity contribution in [3.05, 3.63) is 70.6 Å². The molecule has 1 saturated heterocycles. The number of amidine groups is 1. The number of aliphatic imine (C=N–C) groups is 1. The van der Waals surface area contributed by atoms with Gasteiger partial charge < -0.3 is 10.2 Å². The third-order valence-corrected chi connectivity index (χ3v) is 4.74. The second-order valence-electron chi connectivity index (χ2n) is 5.13. The van der Waals surface area contributed by atoms with E-state index in [1.54, 1.807) is 7.05 Å². The van der Waals surface area contributed by atoms with Gasteiger partial charge in [0.05, 0.1) is 6.61 Å². The number of para-hydroxylation sites is 1. The number of rotatable bonds is 3. The van der Waals surface area contributed by atoms with E-state index < -0.39 is 6.23 Å². The molecule has 0 aromatic heterocycles. The van der Waals surface area contributed by atoms with E-state index in [1.165, 1.54) is 11.8 Å². The number of hydrogen-bond acceptors (Lipinski definition) is 4. The molecule has 3 rings (SSSR count).